The molecule has 210 valence electrons. The average Bonchev–Trinajstić information content (AvgIpc) is 3.10. The summed E-state index contributed by atoms with van der Waals surface area (Å²) >= 11 is 0. The van der Waals surface area contributed by atoms with E-state index in [9.17, 15) is 14.4 Å². The minimum atomic E-state index is -0.435. The predicted octanol–water partition coefficient (Wildman–Crippen LogP) is 4.69. The van der Waals surface area contributed by atoms with Crippen LogP contribution in [0, 0.1) is 11.8 Å². The minimum absolute atomic E-state index is 0.0250. The Morgan fingerprint density at radius 2 is 1.62 bits per heavy atom. The van der Waals surface area contributed by atoms with Gasteiger partial charge in [0, 0.05) is 30.6 Å². The number of para-hydroxylation sites is 2. The van der Waals surface area contributed by atoms with Crippen LogP contribution >= 0.6 is 0 Å². The summed E-state index contributed by atoms with van der Waals surface area (Å²) in [5.41, 5.74) is 0.990. The van der Waals surface area contributed by atoms with Crippen LogP contribution in [0.15, 0.2) is 29.1 Å². The molecule has 8 heteroatoms. The van der Waals surface area contributed by atoms with Crippen molar-refractivity contribution in [1.82, 2.24) is 14.5 Å². The summed E-state index contributed by atoms with van der Waals surface area (Å²) in [5, 5.41) is 0. The molecule has 2 aliphatic carbocycles. The summed E-state index contributed by atoms with van der Waals surface area (Å²) in [4.78, 5) is 46.1. The lowest BCUT2D eigenvalue weighted by atomic mass is 9.75. The number of Topliss-reactive ketones (excluding diaryl/α,β-unsaturated/α-hetero) is 1. The first-order chi connectivity index (χ1) is 19.0. The van der Waals surface area contributed by atoms with Crippen LogP contribution in [0.25, 0.3) is 11.0 Å². The Morgan fingerprint density at radius 3 is 2.31 bits per heavy atom. The maximum atomic E-state index is 13.9. The molecule has 6 rings (SSSR count). The highest BCUT2D eigenvalue weighted by Crippen LogP contribution is 2.44. The first-order valence-corrected chi connectivity index (χ1v) is 15.1. The van der Waals surface area contributed by atoms with E-state index in [1.165, 1.54) is 44.9 Å². The Balaban J connectivity index is 1.28. The van der Waals surface area contributed by atoms with Gasteiger partial charge in [-0.15, -0.1) is 0 Å². The number of benzene rings is 1. The molecule has 4 atom stereocenters. The van der Waals surface area contributed by atoms with Crippen LogP contribution in [0.4, 0.5) is 0 Å². The molecule has 2 unspecified atom stereocenters. The van der Waals surface area contributed by atoms with Crippen LogP contribution in [-0.2, 0) is 14.3 Å². The van der Waals surface area contributed by atoms with Crippen molar-refractivity contribution >= 4 is 22.8 Å². The molecule has 4 bridgehead atoms. The Kier molecular flexibility index (Phi) is 7.85. The van der Waals surface area contributed by atoms with Crippen molar-refractivity contribution in [2.45, 2.75) is 102 Å². The number of carbonyl (C=O) groups is 2. The third kappa shape index (κ3) is 5.42. The third-order valence-corrected chi connectivity index (χ3v) is 9.61. The zero-order valence-electron chi connectivity index (χ0n) is 23.1. The second-order valence-electron chi connectivity index (χ2n) is 12.1. The van der Waals surface area contributed by atoms with Crippen LogP contribution < -0.4 is 5.56 Å². The molecule has 1 aromatic carbocycles. The highest BCUT2D eigenvalue weighted by atomic mass is 16.5. The molecule has 1 aromatic heterocycles. The number of hydrogen-bond donors (Lipinski definition) is 0. The van der Waals surface area contributed by atoms with Gasteiger partial charge in [-0.1, -0.05) is 37.8 Å². The first kappa shape index (κ1) is 26.6. The number of esters is 1. The topological polar surface area (TPSA) is 90.7 Å². The number of aromatic nitrogens is 2. The number of piperidine rings is 1. The maximum Gasteiger partial charge on any atom is 0.306 e. The fourth-order valence-electron chi connectivity index (χ4n) is 8.10. The molecule has 2 aromatic rings. The molecule has 3 heterocycles. The van der Waals surface area contributed by atoms with Crippen molar-refractivity contribution in [3.8, 4) is 0 Å². The van der Waals surface area contributed by atoms with Gasteiger partial charge in [0.2, 0.25) is 0 Å². The number of ether oxygens (including phenoxy) is 2. The predicted molar refractivity (Wildman–Crippen MR) is 148 cm³/mol. The largest absolute Gasteiger partial charge is 0.466 e. The maximum absolute atomic E-state index is 13.9. The van der Waals surface area contributed by atoms with Gasteiger partial charge in [0.1, 0.15) is 0 Å². The highest BCUT2D eigenvalue weighted by molar-refractivity contribution is 5.97. The first-order valence-electron chi connectivity index (χ1n) is 15.1. The van der Waals surface area contributed by atoms with Crippen molar-refractivity contribution < 1.29 is 19.1 Å². The zero-order valence-corrected chi connectivity index (χ0v) is 23.1. The molecule has 0 spiro atoms. The number of nitrogens with zero attached hydrogens (tertiary/aromatic N) is 3. The molecule has 0 amide bonds. The fraction of sp³-hybridized carbons (Fsp3) is 0.677. The van der Waals surface area contributed by atoms with E-state index in [0.29, 0.717) is 24.8 Å². The molecule has 2 saturated heterocycles. The lowest BCUT2D eigenvalue weighted by molar-refractivity contribution is -0.143. The van der Waals surface area contributed by atoms with Gasteiger partial charge in [0.25, 0.3) is 5.56 Å². The quantitative estimate of drug-likeness (QED) is 0.375. The van der Waals surface area contributed by atoms with Gasteiger partial charge in [-0.05, 0) is 63.0 Å². The smallest absolute Gasteiger partial charge is 0.306 e. The third-order valence-electron chi connectivity index (χ3n) is 9.61. The SMILES string of the molecule is CCOC(=O)CCC(=O)c1nc2ccccc2n(C2C[C@H]3COC[C@H](C2)N3C2CC3CCCCC(C3)C2)c1=O. The van der Waals surface area contributed by atoms with E-state index >= 15 is 0 Å². The zero-order chi connectivity index (χ0) is 26.9. The lowest BCUT2D eigenvalue weighted by Crippen LogP contribution is -2.62. The number of carbonyl (C=O) groups excluding carboxylic acids is 2. The van der Waals surface area contributed by atoms with Gasteiger partial charge >= 0.3 is 5.97 Å². The molecular formula is C31H41N3O5. The second-order valence-corrected chi connectivity index (χ2v) is 12.1. The van der Waals surface area contributed by atoms with Gasteiger partial charge in [-0.3, -0.25) is 19.3 Å². The molecule has 4 aliphatic rings. The van der Waals surface area contributed by atoms with Crippen LogP contribution in [0.3, 0.4) is 0 Å². The van der Waals surface area contributed by atoms with Crippen molar-refractivity contribution in [2.24, 2.45) is 11.8 Å². The summed E-state index contributed by atoms with van der Waals surface area (Å²) in [6.07, 6.45) is 11.0. The van der Waals surface area contributed by atoms with Crippen molar-refractivity contribution in [3.63, 3.8) is 0 Å². The fourth-order valence-corrected chi connectivity index (χ4v) is 8.10. The van der Waals surface area contributed by atoms with Crippen LogP contribution in [0.1, 0.15) is 94.1 Å². The number of morpholine rings is 1. The van der Waals surface area contributed by atoms with Gasteiger partial charge in [-0.2, -0.15) is 0 Å². The molecule has 8 nitrogen and oxygen atoms in total. The average molecular weight is 536 g/mol. The van der Waals surface area contributed by atoms with Crippen LogP contribution in [-0.4, -0.2) is 64.1 Å². The Bertz CT molecular complexity index is 1250. The number of fused-ring (bicyclic) bond motifs is 5. The molecule has 0 radical (unpaired) electrons. The standard InChI is InChI=1S/C31H41N3O5/c1-2-39-29(36)12-11-28(35)30-31(37)34(27-10-6-5-9-26(27)32-30)23-16-24-18-38-19-25(17-23)33(24)22-14-20-7-3-4-8-21(13-20)15-22/h5-6,9-10,20-25H,2-4,7-8,11-19H2,1H3/t20?,21?,22?,24-,25-/m0/s1. The Hall–Kier alpha value is -2.58. The van der Waals surface area contributed by atoms with Crippen LogP contribution in [0.5, 0.6) is 0 Å². The summed E-state index contributed by atoms with van der Waals surface area (Å²) in [6.45, 7) is 3.39. The van der Waals surface area contributed by atoms with E-state index in [1.54, 1.807) is 6.92 Å². The van der Waals surface area contributed by atoms with Gasteiger partial charge < -0.3 is 14.0 Å². The van der Waals surface area contributed by atoms with E-state index in [0.717, 1.165) is 30.2 Å². The molecule has 2 saturated carbocycles. The van der Waals surface area contributed by atoms with E-state index in [1.807, 2.05) is 28.8 Å². The molecule has 39 heavy (non-hydrogen) atoms. The normalized spacial score (nSPS) is 31.0. The Morgan fingerprint density at radius 1 is 0.923 bits per heavy atom. The summed E-state index contributed by atoms with van der Waals surface area (Å²) in [5.74, 6) is 0.865. The number of rotatable bonds is 7. The summed E-state index contributed by atoms with van der Waals surface area (Å²) in [6, 6.07) is 8.72. The van der Waals surface area contributed by atoms with Crippen molar-refractivity contribution in [3.05, 3.63) is 40.3 Å². The van der Waals surface area contributed by atoms with Crippen molar-refractivity contribution in [1.29, 1.82) is 0 Å². The summed E-state index contributed by atoms with van der Waals surface area (Å²) in [7, 11) is 0. The van der Waals surface area contributed by atoms with Gasteiger partial charge in [0.05, 0.1) is 37.3 Å². The van der Waals surface area contributed by atoms with E-state index < -0.39 is 11.8 Å². The van der Waals surface area contributed by atoms with Gasteiger partial charge in [-0.25, -0.2) is 4.98 Å². The molecule has 0 N–H and O–H groups in total. The van der Waals surface area contributed by atoms with Gasteiger partial charge in [0.15, 0.2) is 11.5 Å². The Labute approximate surface area is 230 Å². The lowest BCUT2D eigenvalue weighted by Gasteiger charge is -2.54. The molecular weight excluding hydrogens is 494 g/mol. The monoisotopic (exact) mass is 535 g/mol. The second kappa shape index (κ2) is 11.5. The molecule has 2 aliphatic heterocycles. The molecule has 4 fully saturated rings. The van der Waals surface area contributed by atoms with Crippen molar-refractivity contribution in [2.75, 3.05) is 19.8 Å². The van der Waals surface area contributed by atoms with E-state index in [2.05, 4.69) is 9.88 Å². The number of hydrogen-bond acceptors (Lipinski definition) is 7. The number of ketones is 1. The minimum Gasteiger partial charge on any atom is -0.466 e. The van der Waals surface area contributed by atoms with Crippen LogP contribution in [0.2, 0.25) is 0 Å². The van der Waals surface area contributed by atoms with E-state index in [-0.39, 0.29) is 48.8 Å². The summed E-state index contributed by atoms with van der Waals surface area (Å²) < 4.78 is 12.9. The van der Waals surface area contributed by atoms with E-state index in [4.69, 9.17) is 9.47 Å². The highest BCUT2D eigenvalue weighted by Gasteiger charge is 2.46.